The highest BCUT2D eigenvalue weighted by atomic mass is 16.5. The van der Waals surface area contributed by atoms with Gasteiger partial charge >= 0.3 is 0 Å². The van der Waals surface area contributed by atoms with E-state index in [1.165, 1.54) is 0 Å². The number of hydrogen-bond donors (Lipinski definition) is 1. The largest absolute Gasteiger partial charge is 0.504 e. The predicted molar refractivity (Wildman–Crippen MR) is 77.7 cm³/mol. The standard InChI is InChI=1S/C16H17NO2/c1-3-19-15-10-6-8-13(16(15)18)11-17-14-9-5-4-7-12(14)2/h4-11,18H,3H2,1-2H3. The highest BCUT2D eigenvalue weighted by Crippen LogP contribution is 2.29. The minimum atomic E-state index is 0.127. The first-order valence-electron chi connectivity index (χ1n) is 6.27. The van der Waals surface area contributed by atoms with Gasteiger partial charge in [-0.2, -0.15) is 0 Å². The topological polar surface area (TPSA) is 41.8 Å². The zero-order valence-corrected chi connectivity index (χ0v) is 11.1. The molecular formula is C16H17NO2. The Morgan fingerprint density at radius 1 is 1.16 bits per heavy atom. The van der Waals surface area contributed by atoms with Gasteiger partial charge in [-0.15, -0.1) is 0 Å². The van der Waals surface area contributed by atoms with Crippen molar-refractivity contribution < 1.29 is 9.84 Å². The fourth-order valence-electron chi connectivity index (χ4n) is 1.76. The van der Waals surface area contributed by atoms with E-state index in [4.69, 9.17) is 4.74 Å². The van der Waals surface area contributed by atoms with Crippen molar-refractivity contribution in [1.29, 1.82) is 0 Å². The summed E-state index contributed by atoms with van der Waals surface area (Å²) in [6.07, 6.45) is 1.65. The van der Waals surface area contributed by atoms with Crippen molar-refractivity contribution in [3.63, 3.8) is 0 Å². The van der Waals surface area contributed by atoms with Gasteiger partial charge in [0.25, 0.3) is 0 Å². The summed E-state index contributed by atoms with van der Waals surface area (Å²) in [4.78, 5) is 4.40. The van der Waals surface area contributed by atoms with Crippen LogP contribution in [0.2, 0.25) is 0 Å². The second-order valence-corrected chi connectivity index (χ2v) is 4.17. The van der Waals surface area contributed by atoms with E-state index in [0.29, 0.717) is 17.9 Å². The molecule has 2 aromatic carbocycles. The van der Waals surface area contributed by atoms with Gasteiger partial charge in [-0.1, -0.05) is 24.3 Å². The van der Waals surface area contributed by atoms with Gasteiger partial charge in [-0.3, -0.25) is 4.99 Å². The molecule has 3 nitrogen and oxygen atoms in total. The lowest BCUT2D eigenvalue weighted by atomic mass is 10.2. The average Bonchev–Trinajstić information content (AvgIpc) is 2.42. The molecule has 19 heavy (non-hydrogen) atoms. The fraction of sp³-hybridized carbons (Fsp3) is 0.188. The third kappa shape index (κ3) is 3.13. The minimum absolute atomic E-state index is 0.127. The minimum Gasteiger partial charge on any atom is -0.504 e. The van der Waals surface area contributed by atoms with Crippen LogP contribution in [0.5, 0.6) is 11.5 Å². The molecule has 0 atom stereocenters. The summed E-state index contributed by atoms with van der Waals surface area (Å²) >= 11 is 0. The number of para-hydroxylation sites is 2. The van der Waals surface area contributed by atoms with Crippen LogP contribution in [0.15, 0.2) is 47.5 Å². The number of aryl methyl sites for hydroxylation is 1. The molecule has 2 rings (SSSR count). The van der Waals surface area contributed by atoms with Crippen molar-refractivity contribution in [2.75, 3.05) is 6.61 Å². The molecule has 98 valence electrons. The number of hydrogen-bond acceptors (Lipinski definition) is 3. The third-order valence-corrected chi connectivity index (χ3v) is 2.79. The van der Waals surface area contributed by atoms with Gasteiger partial charge in [0.05, 0.1) is 12.3 Å². The number of nitrogens with zero attached hydrogens (tertiary/aromatic N) is 1. The Kier molecular flexibility index (Phi) is 4.18. The molecule has 1 N–H and O–H groups in total. The van der Waals surface area contributed by atoms with Crippen LogP contribution in [0.25, 0.3) is 0 Å². The van der Waals surface area contributed by atoms with Crippen LogP contribution in [-0.4, -0.2) is 17.9 Å². The summed E-state index contributed by atoms with van der Waals surface area (Å²) in [5.41, 5.74) is 2.64. The molecule has 0 heterocycles. The summed E-state index contributed by atoms with van der Waals surface area (Å²) in [6.45, 7) is 4.41. The first-order chi connectivity index (χ1) is 9.22. The number of aromatic hydroxyl groups is 1. The third-order valence-electron chi connectivity index (χ3n) is 2.79. The van der Waals surface area contributed by atoms with Crippen molar-refractivity contribution in [2.45, 2.75) is 13.8 Å². The van der Waals surface area contributed by atoms with Crippen LogP contribution in [0.4, 0.5) is 5.69 Å². The van der Waals surface area contributed by atoms with E-state index in [2.05, 4.69) is 4.99 Å². The molecule has 2 aromatic rings. The lowest BCUT2D eigenvalue weighted by molar-refractivity contribution is 0.318. The zero-order chi connectivity index (χ0) is 13.7. The quantitative estimate of drug-likeness (QED) is 0.843. The van der Waals surface area contributed by atoms with Crippen LogP contribution >= 0.6 is 0 Å². The Balaban J connectivity index is 2.29. The number of ether oxygens (including phenoxy) is 1. The van der Waals surface area contributed by atoms with Gasteiger partial charge in [-0.25, -0.2) is 0 Å². The van der Waals surface area contributed by atoms with Crippen LogP contribution in [0.1, 0.15) is 18.1 Å². The summed E-state index contributed by atoms with van der Waals surface area (Å²) < 4.78 is 5.34. The fourth-order valence-corrected chi connectivity index (χ4v) is 1.76. The monoisotopic (exact) mass is 255 g/mol. The normalized spacial score (nSPS) is 10.8. The lowest BCUT2D eigenvalue weighted by Gasteiger charge is -2.07. The number of rotatable bonds is 4. The Morgan fingerprint density at radius 3 is 2.68 bits per heavy atom. The molecule has 0 aromatic heterocycles. The van der Waals surface area contributed by atoms with E-state index in [1.807, 2.05) is 44.2 Å². The molecule has 0 spiro atoms. The van der Waals surface area contributed by atoms with Gasteiger partial charge < -0.3 is 9.84 Å². The van der Waals surface area contributed by atoms with Crippen LogP contribution < -0.4 is 4.74 Å². The van der Waals surface area contributed by atoms with Gasteiger partial charge in [-0.05, 0) is 37.6 Å². The molecule has 0 amide bonds. The van der Waals surface area contributed by atoms with E-state index >= 15 is 0 Å². The summed E-state index contributed by atoms with van der Waals surface area (Å²) in [6, 6.07) is 13.2. The lowest BCUT2D eigenvalue weighted by Crippen LogP contribution is -1.93. The summed E-state index contributed by atoms with van der Waals surface area (Å²) in [5.74, 6) is 0.609. The van der Waals surface area contributed by atoms with Crippen LogP contribution in [0.3, 0.4) is 0 Å². The van der Waals surface area contributed by atoms with Gasteiger partial charge in [0.15, 0.2) is 11.5 Å². The Labute approximate surface area is 113 Å². The first kappa shape index (κ1) is 13.1. The van der Waals surface area contributed by atoms with E-state index in [1.54, 1.807) is 18.3 Å². The molecule has 0 unspecified atom stereocenters. The second kappa shape index (κ2) is 6.05. The molecule has 0 saturated heterocycles. The molecule has 0 aliphatic heterocycles. The maximum atomic E-state index is 10.1. The highest BCUT2D eigenvalue weighted by Gasteiger charge is 2.05. The summed E-state index contributed by atoms with van der Waals surface area (Å²) in [5, 5.41) is 10.1. The van der Waals surface area contributed by atoms with E-state index in [0.717, 1.165) is 11.3 Å². The van der Waals surface area contributed by atoms with E-state index < -0.39 is 0 Å². The molecule has 0 bridgehead atoms. The van der Waals surface area contributed by atoms with Crippen molar-refractivity contribution >= 4 is 11.9 Å². The number of aliphatic imine (C=N–C) groups is 1. The molecule has 0 fully saturated rings. The first-order valence-corrected chi connectivity index (χ1v) is 6.27. The molecule has 0 aliphatic rings. The maximum absolute atomic E-state index is 10.1. The number of benzene rings is 2. The second-order valence-electron chi connectivity index (χ2n) is 4.17. The van der Waals surface area contributed by atoms with Crippen molar-refractivity contribution in [3.05, 3.63) is 53.6 Å². The highest BCUT2D eigenvalue weighted by molar-refractivity contribution is 5.86. The van der Waals surface area contributed by atoms with Crippen molar-refractivity contribution in [1.82, 2.24) is 0 Å². The van der Waals surface area contributed by atoms with Gasteiger partial charge in [0.2, 0.25) is 0 Å². The number of phenolic OH excluding ortho intramolecular Hbond substituents is 1. The predicted octanol–water partition coefficient (Wildman–Crippen LogP) is 3.85. The molecular weight excluding hydrogens is 238 g/mol. The zero-order valence-electron chi connectivity index (χ0n) is 11.1. The Hall–Kier alpha value is -2.29. The Morgan fingerprint density at radius 2 is 1.95 bits per heavy atom. The Bertz CT molecular complexity index is 591. The van der Waals surface area contributed by atoms with Crippen LogP contribution in [0, 0.1) is 6.92 Å². The molecule has 0 radical (unpaired) electrons. The average molecular weight is 255 g/mol. The van der Waals surface area contributed by atoms with E-state index in [9.17, 15) is 5.11 Å². The smallest absolute Gasteiger partial charge is 0.166 e. The molecule has 0 saturated carbocycles. The number of phenols is 1. The molecule has 3 heteroatoms. The van der Waals surface area contributed by atoms with Crippen LogP contribution in [-0.2, 0) is 0 Å². The van der Waals surface area contributed by atoms with E-state index in [-0.39, 0.29) is 5.75 Å². The van der Waals surface area contributed by atoms with Crippen molar-refractivity contribution in [3.8, 4) is 11.5 Å². The summed E-state index contributed by atoms with van der Waals surface area (Å²) in [7, 11) is 0. The SMILES string of the molecule is CCOc1cccc(C=Nc2ccccc2C)c1O. The maximum Gasteiger partial charge on any atom is 0.166 e. The molecule has 0 aliphatic carbocycles. The van der Waals surface area contributed by atoms with Gasteiger partial charge in [0, 0.05) is 11.8 Å². The van der Waals surface area contributed by atoms with Crippen molar-refractivity contribution in [2.24, 2.45) is 4.99 Å². The van der Waals surface area contributed by atoms with Gasteiger partial charge in [0.1, 0.15) is 0 Å².